The summed E-state index contributed by atoms with van der Waals surface area (Å²) in [7, 11) is 0. The Bertz CT molecular complexity index is 505. The molecule has 0 spiro atoms. The molecule has 0 aromatic heterocycles. The SMILES string of the molecule is Ic1ccc2c(I)c(I)cc(I)c2c1. The second-order valence-electron chi connectivity index (χ2n) is 2.84. The van der Waals surface area contributed by atoms with Gasteiger partial charge in [0, 0.05) is 14.3 Å². The highest BCUT2D eigenvalue weighted by Crippen LogP contribution is 2.30. The molecule has 14 heavy (non-hydrogen) atoms. The average molecular weight is 632 g/mol. The van der Waals surface area contributed by atoms with Crippen LogP contribution in [-0.2, 0) is 0 Å². The Morgan fingerprint density at radius 3 is 2.14 bits per heavy atom. The number of benzene rings is 2. The van der Waals surface area contributed by atoms with Crippen LogP contribution < -0.4 is 0 Å². The Morgan fingerprint density at radius 2 is 1.43 bits per heavy atom. The molecule has 0 amide bonds. The fourth-order valence-corrected chi connectivity index (χ4v) is 4.36. The third kappa shape index (κ3) is 2.31. The van der Waals surface area contributed by atoms with Crippen LogP contribution >= 0.6 is 90.4 Å². The average Bonchev–Trinajstić information content (AvgIpc) is 2.14. The van der Waals surface area contributed by atoms with Crippen LogP contribution in [0.25, 0.3) is 10.8 Å². The summed E-state index contributed by atoms with van der Waals surface area (Å²) < 4.78 is 5.32. The van der Waals surface area contributed by atoms with E-state index in [1.165, 1.54) is 25.1 Å². The number of fused-ring (bicyclic) bond motifs is 1. The molecule has 72 valence electrons. The summed E-state index contributed by atoms with van der Waals surface area (Å²) in [5, 5.41) is 2.73. The van der Waals surface area contributed by atoms with E-state index in [-0.39, 0.29) is 0 Å². The van der Waals surface area contributed by atoms with Gasteiger partial charge in [-0.1, -0.05) is 6.07 Å². The van der Waals surface area contributed by atoms with Crippen molar-refractivity contribution in [3.63, 3.8) is 0 Å². The van der Waals surface area contributed by atoms with Crippen molar-refractivity contribution in [2.45, 2.75) is 0 Å². The Hall–Kier alpha value is 1.62. The first-order valence-electron chi connectivity index (χ1n) is 3.82. The van der Waals surface area contributed by atoms with Gasteiger partial charge < -0.3 is 0 Å². The number of hydrogen-bond acceptors (Lipinski definition) is 0. The van der Waals surface area contributed by atoms with Crippen LogP contribution in [0, 0.1) is 14.3 Å². The van der Waals surface area contributed by atoms with Gasteiger partial charge in [0.25, 0.3) is 0 Å². The van der Waals surface area contributed by atoms with Gasteiger partial charge in [-0.25, -0.2) is 0 Å². The predicted molar refractivity (Wildman–Crippen MR) is 94.8 cm³/mol. The lowest BCUT2D eigenvalue weighted by molar-refractivity contribution is 1.59. The molecule has 0 bridgehead atoms. The first-order chi connectivity index (χ1) is 6.59. The summed E-state index contributed by atoms with van der Waals surface area (Å²) >= 11 is 9.57. The summed E-state index contributed by atoms with van der Waals surface area (Å²) in [6, 6.07) is 8.86. The maximum Gasteiger partial charge on any atom is 0.0343 e. The van der Waals surface area contributed by atoms with Gasteiger partial charge in [0.05, 0.1) is 0 Å². The molecule has 0 radical (unpaired) electrons. The van der Waals surface area contributed by atoms with E-state index in [0.717, 1.165) is 0 Å². The first-order valence-corrected chi connectivity index (χ1v) is 8.14. The molecule has 0 atom stereocenters. The Labute approximate surface area is 137 Å². The van der Waals surface area contributed by atoms with Crippen molar-refractivity contribution >= 4 is 101 Å². The van der Waals surface area contributed by atoms with Gasteiger partial charge >= 0.3 is 0 Å². The van der Waals surface area contributed by atoms with Crippen molar-refractivity contribution < 1.29 is 0 Å². The second-order valence-corrected chi connectivity index (χ2v) is 7.49. The van der Waals surface area contributed by atoms with Crippen molar-refractivity contribution in [3.05, 3.63) is 38.5 Å². The fourth-order valence-electron chi connectivity index (χ4n) is 1.29. The molecule has 0 heterocycles. The van der Waals surface area contributed by atoms with Gasteiger partial charge in [0.1, 0.15) is 0 Å². The van der Waals surface area contributed by atoms with Gasteiger partial charge in [-0.05, 0) is 119 Å². The van der Waals surface area contributed by atoms with Gasteiger partial charge in [-0.15, -0.1) is 0 Å². The molecule has 0 aliphatic rings. The van der Waals surface area contributed by atoms with Crippen molar-refractivity contribution in [3.8, 4) is 0 Å². The molecule has 0 saturated carbocycles. The summed E-state index contributed by atoms with van der Waals surface area (Å²) in [5.41, 5.74) is 0. The molecule has 0 aliphatic heterocycles. The minimum absolute atomic E-state index is 1.30. The van der Waals surface area contributed by atoms with Gasteiger partial charge in [0.15, 0.2) is 0 Å². The molecule has 0 fully saturated rings. The van der Waals surface area contributed by atoms with E-state index in [1.807, 2.05) is 0 Å². The monoisotopic (exact) mass is 632 g/mol. The van der Waals surface area contributed by atoms with Crippen LogP contribution in [0.4, 0.5) is 0 Å². The number of hydrogen-bond donors (Lipinski definition) is 0. The van der Waals surface area contributed by atoms with E-state index in [4.69, 9.17) is 0 Å². The zero-order valence-corrected chi connectivity index (χ0v) is 15.5. The Balaban J connectivity index is 2.94. The van der Waals surface area contributed by atoms with E-state index < -0.39 is 0 Å². The van der Waals surface area contributed by atoms with Crippen LogP contribution in [0.5, 0.6) is 0 Å². The molecule has 2 rings (SSSR count). The van der Waals surface area contributed by atoms with E-state index in [0.29, 0.717) is 0 Å². The summed E-state index contributed by atoms with van der Waals surface area (Å²) in [5.74, 6) is 0. The zero-order valence-electron chi connectivity index (χ0n) is 6.82. The van der Waals surface area contributed by atoms with Crippen molar-refractivity contribution in [1.29, 1.82) is 0 Å². The van der Waals surface area contributed by atoms with Crippen LogP contribution in [0.2, 0.25) is 0 Å². The second kappa shape index (κ2) is 4.86. The lowest BCUT2D eigenvalue weighted by Gasteiger charge is -2.06. The minimum atomic E-state index is 1.30. The Kier molecular flexibility index (Phi) is 4.20. The normalized spacial score (nSPS) is 10.9. The number of halogens is 4. The van der Waals surface area contributed by atoms with Crippen LogP contribution in [-0.4, -0.2) is 0 Å². The lowest BCUT2D eigenvalue weighted by Crippen LogP contribution is -1.87. The minimum Gasteiger partial charge on any atom is -0.0522 e. The predicted octanol–water partition coefficient (Wildman–Crippen LogP) is 5.26. The maximum atomic E-state index is 2.42. The third-order valence-corrected chi connectivity index (χ3v) is 6.55. The van der Waals surface area contributed by atoms with Gasteiger partial charge in [-0.3, -0.25) is 0 Å². The molecule has 0 unspecified atom stereocenters. The molecular formula is C10H4I4. The van der Waals surface area contributed by atoms with Gasteiger partial charge in [0.2, 0.25) is 0 Å². The smallest absolute Gasteiger partial charge is 0.0343 e. The highest BCUT2D eigenvalue weighted by atomic mass is 127. The van der Waals surface area contributed by atoms with Crippen LogP contribution in [0.3, 0.4) is 0 Å². The Morgan fingerprint density at radius 1 is 0.714 bits per heavy atom. The number of rotatable bonds is 0. The summed E-state index contributed by atoms with van der Waals surface area (Å²) in [4.78, 5) is 0. The quantitative estimate of drug-likeness (QED) is 0.275. The van der Waals surface area contributed by atoms with E-state index in [2.05, 4.69) is 115 Å². The van der Waals surface area contributed by atoms with Crippen LogP contribution in [0.15, 0.2) is 24.3 Å². The highest BCUT2D eigenvalue weighted by Gasteiger charge is 2.06. The first kappa shape index (κ1) is 12.1. The van der Waals surface area contributed by atoms with E-state index in [1.54, 1.807) is 0 Å². The van der Waals surface area contributed by atoms with Crippen LogP contribution in [0.1, 0.15) is 0 Å². The molecule has 4 heteroatoms. The maximum absolute atomic E-state index is 2.42. The van der Waals surface area contributed by atoms with Crippen molar-refractivity contribution in [2.75, 3.05) is 0 Å². The zero-order chi connectivity index (χ0) is 10.3. The third-order valence-electron chi connectivity index (χ3n) is 1.94. The molecule has 0 nitrogen and oxygen atoms in total. The standard InChI is InChI=1S/C10H4I4/c11-5-1-2-6-7(3-5)8(12)4-9(13)10(6)14/h1-4H. The molecule has 0 N–H and O–H groups in total. The highest BCUT2D eigenvalue weighted by molar-refractivity contribution is 14.1. The molecule has 0 aliphatic carbocycles. The molecule has 2 aromatic rings. The van der Waals surface area contributed by atoms with E-state index in [9.17, 15) is 0 Å². The molecular weight excluding hydrogens is 628 g/mol. The molecule has 2 aromatic carbocycles. The lowest BCUT2D eigenvalue weighted by atomic mass is 10.1. The van der Waals surface area contributed by atoms with E-state index >= 15 is 0 Å². The molecule has 0 saturated heterocycles. The van der Waals surface area contributed by atoms with Gasteiger partial charge in [-0.2, -0.15) is 0 Å². The topological polar surface area (TPSA) is 0 Å². The summed E-state index contributed by atoms with van der Waals surface area (Å²) in [6.45, 7) is 0. The summed E-state index contributed by atoms with van der Waals surface area (Å²) in [6.07, 6.45) is 0. The fraction of sp³-hybridized carbons (Fsp3) is 0. The van der Waals surface area contributed by atoms with Crippen molar-refractivity contribution in [1.82, 2.24) is 0 Å². The largest absolute Gasteiger partial charge is 0.0522 e. The van der Waals surface area contributed by atoms with Crippen molar-refractivity contribution in [2.24, 2.45) is 0 Å².